The van der Waals surface area contributed by atoms with E-state index in [-0.39, 0.29) is 16.8 Å². The van der Waals surface area contributed by atoms with Gasteiger partial charge in [-0.1, -0.05) is 29.5 Å². The first-order chi connectivity index (χ1) is 12.9. The summed E-state index contributed by atoms with van der Waals surface area (Å²) in [6, 6.07) is 13.2. The standard InChI is InChI=1S/C19H16F2N2O3S/c1-11-3-5-14(6-4-11)17-22-23-19(26-17)27-12(2)16(24)13-7-9-15(10-8-13)25-18(20)21/h3-10,12,18H,1-2H3/t12-/m0/s1. The van der Waals surface area contributed by atoms with Crippen LogP contribution in [0, 0.1) is 6.92 Å². The first-order valence-electron chi connectivity index (χ1n) is 8.08. The summed E-state index contributed by atoms with van der Waals surface area (Å²) in [6.45, 7) is 0.797. The zero-order chi connectivity index (χ0) is 19.4. The lowest BCUT2D eigenvalue weighted by Gasteiger charge is -2.09. The van der Waals surface area contributed by atoms with Crippen LogP contribution in [0.15, 0.2) is 58.2 Å². The van der Waals surface area contributed by atoms with Gasteiger partial charge in [0.1, 0.15) is 5.75 Å². The minimum atomic E-state index is -2.90. The molecule has 0 unspecified atom stereocenters. The molecule has 2 aromatic carbocycles. The van der Waals surface area contributed by atoms with Crippen LogP contribution in [0.3, 0.4) is 0 Å². The molecule has 3 rings (SSSR count). The van der Waals surface area contributed by atoms with E-state index in [1.807, 2.05) is 31.2 Å². The number of hydrogen-bond donors (Lipinski definition) is 0. The normalized spacial score (nSPS) is 12.2. The number of Topliss-reactive ketones (excluding diaryl/α,β-unsaturated/α-hetero) is 1. The van der Waals surface area contributed by atoms with Gasteiger partial charge in [0, 0.05) is 11.1 Å². The second kappa shape index (κ2) is 8.30. The third kappa shape index (κ3) is 4.91. The predicted octanol–water partition coefficient (Wildman–Crippen LogP) is 5.01. The third-order valence-corrected chi connectivity index (χ3v) is 4.65. The molecule has 0 bridgehead atoms. The molecule has 3 aromatic rings. The molecule has 0 spiro atoms. The van der Waals surface area contributed by atoms with Gasteiger partial charge in [0.2, 0.25) is 5.89 Å². The molecule has 140 valence electrons. The number of alkyl halides is 2. The number of carbonyl (C=O) groups is 1. The van der Waals surface area contributed by atoms with E-state index in [0.717, 1.165) is 22.9 Å². The smallest absolute Gasteiger partial charge is 0.387 e. The summed E-state index contributed by atoms with van der Waals surface area (Å²) in [7, 11) is 0. The number of halogens is 2. The molecular formula is C19H16F2N2O3S. The highest BCUT2D eigenvalue weighted by Gasteiger charge is 2.20. The molecule has 0 radical (unpaired) electrons. The fraction of sp³-hybridized carbons (Fsp3) is 0.211. The van der Waals surface area contributed by atoms with Crippen molar-refractivity contribution in [2.24, 2.45) is 0 Å². The summed E-state index contributed by atoms with van der Waals surface area (Å²) in [6.07, 6.45) is 0. The van der Waals surface area contributed by atoms with Crippen LogP contribution in [-0.4, -0.2) is 27.8 Å². The number of hydrogen-bond acceptors (Lipinski definition) is 6. The Morgan fingerprint density at radius 3 is 2.37 bits per heavy atom. The molecule has 0 fully saturated rings. The molecule has 1 heterocycles. The molecule has 27 heavy (non-hydrogen) atoms. The van der Waals surface area contributed by atoms with E-state index < -0.39 is 11.9 Å². The Labute approximate surface area is 158 Å². The van der Waals surface area contributed by atoms with Crippen molar-refractivity contribution < 1.29 is 22.7 Å². The number of carbonyl (C=O) groups excluding carboxylic acids is 1. The van der Waals surface area contributed by atoms with E-state index in [1.54, 1.807) is 6.92 Å². The Morgan fingerprint density at radius 2 is 1.74 bits per heavy atom. The van der Waals surface area contributed by atoms with Gasteiger partial charge in [0.25, 0.3) is 5.22 Å². The van der Waals surface area contributed by atoms with Crippen molar-refractivity contribution in [3.63, 3.8) is 0 Å². The maximum Gasteiger partial charge on any atom is 0.387 e. The minimum Gasteiger partial charge on any atom is -0.435 e. The second-order valence-corrected chi connectivity index (χ2v) is 7.06. The fourth-order valence-electron chi connectivity index (χ4n) is 2.31. The summed E-state index contributed by atoms with van der Waals surface area (Å²) in [4.78, 5) is 12.5. The van der Waals surface area contributed by atoms with Gasteiger partial charge in [-0.05, 0) is 50.2 Å². The van der Waals surface area contributed by atoms with Gasteiger partial charge >= 0.3 is 6.61 Å². The minimum absolute atomic E-state index is 0.00139. The number of nitrogens with zero attached hydrogens (tertiary/aromatic N) is 2. The van der Waals surface area contributed by atoms with Gasteiger partial charge in [0.15, 0.2) is 5.78 Å². The zero-order valence-corrected chi connectivity index (χ0v) is 15.4. The highest BCUT2D eigenvalue weighted by molar-refractivity contribution is 8.00. The van der Waals surface area contributed by atoms with Crippen LogP contribution in [-0.2, 0) is 0 Å². The number of aryl methyl sites for hydroxylation is 1. The summed E-state index contributed by atoms with van der Waals surface area (Å²) in [5, 5.41) is 7.77. The fourth-order valence-corrected chi connectivity index (χ4v) is 3.07. The Morgan fingerprint density at radius 1 is 1.07 bits per heavy atom. The molecule has 5 nitrogen and oxygen atoms in total. The van der Waals surface area contributed by atoms with Crippen LogP contribution in [0.2, 0.25) is 0 Å². The zero-order valence-electron chi connectivity index (χ0n) is 14.6. The van der Waals surface area contributed by atoms with E-state index in [0.29, 0.717) is 11.5 Å². The maximum absolute atomic E-state index is 12.5. The summed E-state index contributed by atoms with van der Waals surface area (Å²) < 4.78 is 34.2. The molecule has 0 amide bonds. The van der Waals surface area contributed by atoms with Gasteiger partial charge in [0.05, 0.1) is 5.25 Å². The number of ketones is 1. The molecule has 0 aliphatic rings. The molecule has 0 aliphatic carbocycles. The van der Waals surface area contributed by atoms with Gasteiger partial charge in [-0.25, -0.2) is 0 Å². The Hall–Kier alpha value is -2.74. The van der Waals surface area contributed by atoms with E-state index in [9.17, 15) is 13.6 Å². The van der Waals surface area contributed by atoms with Crippen LogP contribution >= 0.6 is 11.8 Å². The summed E-state index contributed by atoms with van der Waals surface area (Å²) >= 11 is 1.14. The average molecular weight is 390 g/mol. The quantitative estimate of drug-likeness (QED) is 0.417. The molecule has 0 saturated heterocycles. The van der Waals surface area contributed by atoms with Crippen molar-refractivity contribution >= 4 is 17.5 Å². The molecule has 0 N–H and O–H groups in total. The Balaban J connectivity index is 1.65. The van der Waals surface area contributed by atoms with Crippen LogP contribution in [0.25, 0.3) is 11.5 Å². The van der Waals surface area contributed by atoms with E-state index in [1.165, 1.54) is 24.3 Å². The van der Waals surface area contributed by atoms with Crippen molar-refractivity contribution in [1.82, 2.24) is 10.2 Å². The van der Waals surface area contributed by atoms with Crippen molar-refractivity contribution in [2.45, 2.75) is 30.9 Å². The number of aromatic nitrogens is 2. The van der Waals surface area contributed by atoms with E-state index >= 15 is 0 Å². The molecule has 1 atom stereocenters. The molecule has 1 aromatic heterocycles. The maximum atomic E-state index is 12.5. The van der Waals surface area contributed by atoms with E-state index in [4.69, 9.17) is 4.42 Å². The lowest BCUT2D eigenvalue weighted by Crippen LogP contribution is -2.13. The van der Waals surface area contributed by atoms with Gasteiger partial charge in [-0.3, -0.25) is 4.79 Å². The molecular weight excluding hydrogens is 374 g/mol. The lowest BCUT2D eigenvalue weighted by atomic mass is 10.1. The molecule has 8 heteroatoms. The first kappa shape index (κ1) is 19.0. The van der Waals surface area contributed by atoms with Crippen molar-refractivity contribution in [1.29, 1.82) is 0 Å². The van der Waals surface area contributed by atoms with Crippen molar-refractivity contribution in [2.75, 3.05) is 0 Å². The van der Waals surface area contributed by atoms with Crippen LogP contribution in [0.5, 0.6) is 5.75 Å². The molecule has 0 aliphatic heterocycles. The van der Waals surface area contributed by atoms with Crippen LogP contribution in [0.4, 0.5) is 8.78 Å². The Bertz CT molecular complexity index is 911. The highest BCUT2D eigenvalue weighted by atomic mass is 32.2. The third-order valence-electron chi connectivity index (χ3n) is 3.72. The lowest BCUT2D eigenvalue weighted by molar-refractivity contribution is -0.0498. The highest BCUT2D eigenvalue weighted by Crippen LogP contribution is 2.28. The monoisotopic (exact) mass is 390 g/mol. The Kier molecular flexibility index (Phi) is 5.85. The van der Waals surface area contributed by atoms with Crippen molar-refractivity contribution in [3.05, 3.63) is 59.7 Å². The summed E-state index contributed by atoms with van der Waals surface area (Å²) in [5.41, 5.74) is 2.31. The number of rotatable bonds is 7. The molecule has 0 saturated carbocycles. The van der Waals surface area contributed by atoms with Crippen molar-refractivity contribution in [3.8, 4) is 17.2 Å². The van der Waals surface area contributed by atoms with E-state index in [2.05, 4.69) is 14.9 Å². The largest absolute Gasteiger partial charge is 0.435 e. The topological polar surface area (TPSA) is 65.2 Å². The van der Waals surface area contributed by atoms with Gasteiger partial charge < -0.3 is 9.15 Å². The van der Waals surface area contributed by atoms with Crippen LogP contribution < -0.4 is 4.74 Å². The van der Waals surface area contributed by atoms with Gasteiger partial charge in [-0.15, -0.1) is 10.2 Å². The van der Waals surface area contributed by atoms with Crippen LogP contribution in [0.1, 0.15) is 22.8 Å². The summed E-state index contributed by atoms with van der Waals surface area (Å²) in [5.74, 6) is 0.200. The number of thioether (sulfide) groups is 1. The number of benzene rings is 2. The predicted molar refractivity (Wildman–Crippen MR) is 97.2 cm³/mol. The SMILES string of the molecule is Cc1ccc(-c2nnc(S[C@@H](C)C(=O)c3ccc(OC(F)F)cc3)o2)cc1. The first-order valence-corrected chi connectivity index (χ1v) is 8.96. The number of ether oxygens (including phenoxy) is 1. The average Bonchev–Trinajstić information content (AvgIpc) is 3.10. The second-order valence-electron chi connectivity index (χ2n) is 5.77. The van der Waals surface area contributed by atoms with Gasteiger partial charge in [-0.2, -0.15) is 8.78 Å².